The molecule has 0 aliphatic heterocycles. The zero-order chi connectivity index (χ0) is 13.2. The number of hydrogen-bond acceptors (Lipinski definition) is 8. The van der Waals surface area contributed by atoms with Crippen LogP contribution in [0.1, 0.15) is 25.8 Å². The van der Waals surface area contributed by atoms with E-state index in [1.54, 1.807) is 0 Å². The molecule has 0 amide bonds. The molecule has 0 atom stereocenters. The first-order valence-corrected chi connectivity index (χ1v) is 6.92. The van der Waals surface area contributed by atoms with Gasteiger partial charge in [0.1, 0.15) is 10.8 Å². The molecule has 3 N–H and O–H groups in total. The standard InChI is InChI=1S/C10H14N8S/c1-2-12-7-5-8(14-9(11)13-7)19-10-15-16-17-18(10)6-3-4-6/h5-6H,2-4H2,1H3,(H3,11,12,13,14). The molecule has 9 heteroatoms. The molecule has 2 aromatic heterocycles. The number of anilines is 2. The van der Waals surface area contributed by atoms with Crippen molar-refractivity contribution in [3.63, 3.8) is 0 Å². The van der Waals surface area contributed by atoms with E-state index in [0.717, 1.165) is 29.6 Å². The monoisotopic (exact) mass is 278 g/mol. The third-order valence-corrected chi connectivity index (χ3v) is 3.50. The molecule has 1 fully saturated rings. The first-order chi connectivity index (χ1) is 9.26. The van der Waals surface area contributed by atoms with Gasteiger partial charge >= 0.3 is 0 Å². The fourth-order valence-electron chi connectivity index (χ4n) is 1.66. The average molecular weight is 278 g/mol. The van der Waals surface area contributed by atoms with Gasteiger partial charge in [0, 0.05) is 12.6 Å². The van der Waals surface area contributed by atoms with Crippen molar-refractivity contribution >= 4 is 23.5 Å². The third-order valence-electron chi connectivity index (χ3n) is 2.63. The van der Waals surface area contributed by atoms with Gasteiger partial charge in [0.25, 0.3) is 0 Å². The quantitative estimate of drug-likeness (QED) is 0.779. The van der Waals surface area contributed by atoms with E-state index < -0.39 is 0 Å². The normalized spacial score (nSPS) is 14.6. The van der Waals surface area contributed by atoms with Crippen LogP contribution in [0, 0.1) is 0 Å². The molecule has 0 saturated heterocycles. The van der Waals surface area contributed by atoms with Crippen molar-refractivity contribution in [1.29, 1.82) is 0 Å². The molecule has 100 valence electrons. The van der Waals surface area contributed by atoms with Gasteiger partial charge in [0.05, 0.1) is 6.04 Å². The van der Waals surface area contributed by atoms with E-state index >= 15 is 0 Å². The van der Waals surface area contributed by atoms with Crippen molar-refractivity contribution in [2.45, 2.75) is 36.0 Å². The Kier molecular flexibility index (Phi) is 3.20. The molecule has 0 spiro atoms. The van der Waals surface area contributed by atoms with Crippen LogP contribution in [0.5, 0.6) is 0 Å². The molecule has 3 rings (SSSR count). The van der Waals surface area contributed by atoms with Crippen LogP contribution in [0.15, 0.2) is 16.2 Å². The molecular formula is C10H14N8S. The summed E-state index contributed by atoms with van der Waals surface area (Å²) in [6.07, 6.45) is 2.26. The molecule has 8 nitrogen and oxygen atoms in total. The SMILES string of the molecule is CCNc1cc(Sc2nnnn2C2CC2)nc(N)n1. The van der Waals surface area contributed by atoms with Gasteiger partial charge in [0.2, 0.25) is 11.1 Å². The predicted octanol–water partition coefficient (Wildman–Crippen LogP) is 0.963. The highest BCUT2D eigenvalue weighted by Crippen LogP contribution is 2.37. The average Bonchev–Trinajstić information content (AvgIpc) is 3.10. The molecular weight excluding hydrogens is 264 g/mol. The Morgan fingerprint density at radius 2 is 2.32 bits per heavy atom. The minimum absolute atomic E-state index is 0.242. The Bertz CT molecular complexity index is 579. The van der Waals surface area contributed by atoms with Crippen LogP contribution in [0.2, 0.25) is 0 Å². The van der Waals surface area contributed by atoms with Gasteiger partial charge in [-0.15, -0.1) is 5.10 Å². The summed E-state index contributed by atoms with van der Waals surface area (Å²) in [6, 6.07) is 2.28. The molecule has 1 saturated carbocycles. The number of nitrogen functional groups attached to an aromatic ring is 1. The van der Waals surface area contributed by atoms with Crippen molar-refractivity contribution in [3.8, 4) is 0 Å². The lowest BCUT2D eigenvalue weighted by Gasteiger charge is -2.06. The maximum Gasteiger partial charge on any atom is 0.223 e. The Balaban J connectivity index is 1.83. The topological polar surface area (TPSA) is 107 Å². The lowest BCUT2D eigenvalue weighted by molar-refractivity contribution is 0.565. The van der Waals surface area contributed by atoms with Crippen LogP contribution < -0.4 is 11.1 Å². The van der Waals surface area contributed by atoms with Crippen LogP contribution in [-0.4, -0.2) is 36.7 Å². The van der Waals surface area contributed by atoms with E-state index in [1.165, 1.54) is 11.8 Å². The first kappa shape index (κ1) is 12.2. The Morgan fingerprint density at radius 1 is 1.47 bits per heavy atom. The van der Waals surface area contributed by atoms with Crippen LogP contribution in [0.3, 0.4) is 0 Å². The van der Waals surface area contributed by atoms with Crippen molar-refractivity contribution in [2.75, 3.05) is 17.6 Å². The van der Waals surface area contributed by atoms with Gasteiger partial charge in [0.15, 0.2) is 0 Å². The van der Waals surface area contributed by atoms with Crippen molar-refractivity contribution in [2.24, 2.45) is 0 Å². The fraction of sp³-hybridized carbons (Fsp3) is 0.500. The molecule has 19 heavy (non-hydrogen) atoms. The summed E-state index contributed by atoms with van der Waals surface area (Å²) in [5.74, 6) is 0.953. The molecule has 1 aliphatic carbocycles. The van der Waals surface area contributed by atoms with Crippen molar-refractivity contribution < 1.29 is 0 Å². The highest BCUT2D eigenvalue weighted by Gasteiger charge is 2.28. The van der Waals surface area contributed by atoms with Gasteiger partial charge in [-0.2, -0.15) is 4.98 Å². The zero-order valence-corrected chi connectivity index (χ0v) is 11.3. The lowest BCUT2D eigenvalue weighted by atomic mass is 10.5. The van der Waals surface area contributed by atoms with Gasteiger partial charge in [-0.3, -0.25) is 0 Å². The summed E-state index contributed by atoms with van der Waals surface area (Å²) >= 11 is 1.40. The maximum atomic E-state index is 5.69. The van der Waals surface area contributed by atoms with E-state index in [9.17, 15) is 0 Å². The third kappa shape index (κ3) is 2.75. The second-order valence-corrected chi connectivity index (χ2v) is 5.21. The minimum Gasteiger partial charge on any atom is -0.370 e. The molecule has 0 bridgehead atoms. The molecule has 2 aromatic rings. The molecule has 2 heterocycles. The largest absolute Gasteiger partial charge is 0.370 e. The smallest absolute Gasteiger partial charge is 0.223 e. The minimum atomic E-state index is 0.242. The number of tetrazole rings is 1. The number of rotatable bonds is 5. The summed E-state index contributed by atoms with van der Waals surface area (Å²) in [5, 5.41) is 16.3. The van der Waals surface area contributed by atoms with Crippen LogP contribution in [0.25, 0.3) is 0 Å². The maximum absolute atomic E-state index is 5.69. The van der Waals surface area contributed by atoms with E-state index in [2.05, 4.69) is 30.8 Å². The number of nitrogens with one attached hydrogen (secondary N) is 1. The van der Waals surface area contributed by atoms with Crippen LogP contribution in [0.4, 0.5) is 11.8 Å². The highest BCUT2D eigenvalue weighted by molar-refractivity contribution is 7.99. The van der Waals surface area contributed by atoms with Gasteiger partial charge in [-0.25, -0.2) is 9.67 Å². The van der Waals surface area contributed by atoms with E-state index in [0.29, 0.717) is 11.9 Å². The van der Waals surface area contributed by atoms with E-state index in [4.69, 9.17) is 5.73 Å². The van der Waals surface area contributed by atoms with Crippen molar-refractivity contribution in [3.05, 3.63) is 6.07 Å². The van der Waals surface area contributed by atoms with Gasteiger partial charge in [-0.1, -0.05) is 0 Å². The number of nitrogens with two attached hydrogens (primary N) is 1. The molecule has 0 aromatic carbocycles. The van der Waals surface area contributed by atoms with E-state index in [1.807, 2.05) is 17.7 Å². The first-order valence-electron chi connectivity index (χ1n) is 6.10. The summed E-state index contributed by atoms with van der Waals surface area (Å²) in [7, 11) is 0. The summed E-state index contributed by atoms with van der Waals surface area (Å²) < 4.78 is 1.84. The predicted molar refractivity (Wildman–Crippen MR) is 70.8 cm³/mol. The summed E-state index contributed by atoms with van der Waals surface area (Å²) in [5.41, 5.74) is 5.69. The zero-order valence-electron chi connectivity index (χ0n) is 10.4. The molecule has 0 radical (unpaired) electrons. The van der Waals surface area contributed by atoms with Crippen molar-refractivity contribution in [1.82, 2.24) is 30.2 Å². The Morgan fingerprint density at radius 3 is 3.05 bits per heavy atom. The Labute approximate surface area is 114 Å². The molecule has 1 aliphatic rings. The lowest BCUT2D eigenvalue weighted by Crippen LogP contribution is -2.04. The number of hydrogen-bond donors (Lipinski definition) is 2. The van der Waals surface area contributed by atoms with Crippen LogP contribution >= 0.6 is 11.8 Å². The molecule has 0 unspecified atom stereocenters. The second-order valence-electron chi connectivity index (χ2n) is 4.22. The number of aromatic nitrogens is 6. The highest BCUT2D eigenvalue weighted by atomic mass is 32.2. The van der Waals surface area contributed by atoms with Gasteiger partial charge in [-0.05, 0) is 42.0 Å². The summed E-state index contributed by atoms with van der Waals surface area (Å²) in [4.78, 5) is 8.30. The summed E-state index contributed by atoms with van der Waals surface area (Å²) in [6.45, 7) is 2.78. The number of nitrogens with zero attached hydrogens (tertiary/aromatic N) is 6. The Hall–Kier alpha value is -1.90. The van der Waals surface area contributed by atoms with Gasteiger partial charge < -0.3 is 11.1 Å². The fourth-order valence-corrected chi connectivity index (χ4v) is 2.51. The second kappa shape index (κ2) is 5.00. The van der Waals surface area contributed by atoms with E-state index in [-0.39, 0.29) is 5.95 Å². The van der Waals surface area contributed by atoms with Crippen LogP contribution in [-0.2, 0) is 0 Å².